The fourth-order valence-electron chi connectivity index (χ4n) is 3.37. The molecule has 22 heavy (non-hydrogen) atoms. The van der Waals surface area contributed by atoms with Crippen molar-refractivity contribution in [2.75, 3.05) is 25.4 Å². The van der Waals surface area contributed by atoms with Gasteiger partial charge in [-0.3, -0.25) is 4.79 Å². The quantitative estimate of drug-likeness (QED) is 0.914. The molecule has 2 unspecified atom stereocenters. The van der Waals surface area contributed by atoms with Crippen LogP contribution in [0.5, 0.6) is 0 Å². The van der Waals surface area contributed by atoms with E-state index in [0.717, 1.165) is 44.6 Å². The number of benzene rings is 1. The molecule has 0 bridgehead atoms. The van der Waals surface area contributed by atoms with Crippen LogP contribution in [0.4, 0.5) is 0 Å². The summed E-state index contributed by atoms with van der Waals surface area (Å²) in [6.45, 7) is 5.02. The van der Waals surface area contributed by atoms with Crippen molar-refractivity contribution in [2.24, 2.45) is 0 Å². The van der Waals surface area contributed by atoms with Crippen LogP contribution in [-0.2, 0) is 11.2 Å². The number of hydrogen-bond acceptors (Lipinski definition) is 3. The Morgan fingerprint density at radius 3 is 2.95 bits per heavy atom. The molecule has 1 amide bonds. The summed E-state index contributed by atoms with van der Waals surface area (Å²) in [5, 5.41) is 3.39. The summed E-state index contributed by atoms with van der Waals surface area (Å²) in [6, 6.07) is 8.84. The molecule has 2 heterocycles. The first kappa shape index (κ1) is 17.6. The first-order valence-corrected chi connectivity index (χ1v) is 9.06. The summed E-state index contributed by atoms with van der Waals surface area (Å²) < 4.78 is 0. The highest BCUT2D eigenvalue weighted by Crippen LogP contribution is 2.38. The summed E-state index contributed by atoms with van der Waals surface area (Å²) in [5.41, 5.74) is 2.60. The minimum absolute atomic E-state index is 0. The number of nitrogens with zero attached hydrogens (tertiary/aromatic N) is 1. The molecule has 122 valence electrons. The highest BCUT2D eigenvalue weighted by Gasteiger charge is 2.34. The molecule has 3 nitrogen and oxygen atoms in total. The third-order valence-corrected chi connectivity index (χ3v) is 5.67. The Morgan fingerprint density at radius 2 is 2.23 bits per heavy atom. The zero-order valence-corrected chi connectivity index (χ0v) is 14.7. The molecule has 3 rings (SSSR count). The Hall–Kier alpha value is -0.710. The fourth-order valence-corrected chi connectivity index (χ4v) is 4.63. The van der Waals surface area contributed by atoms with E-state index in [0.29, 0.717) is 11.9 Å². The number of fused-ring (bicyclic) bond motifs is 1. The number of amides is 1. The van der Waals surface area contributed by atoms with E-state index in [1.807, 2.05) is 11.8 Å². The lowest BCUT2D eigenvalue weighted by atomic mass is 10.00. The minimum atomic E-state index is 0. The molecule has 2 aliphatic heterocycles. The largest absolute Gasteiger partial charge is 0.337 e. The molecule has 0 saturated carbocycles. The minimum Gasteiger partial charge on any atom is -0.337 e. The molecule has 2 atom stereocenters. The van der Waals surface area contributed by atoms with Gasteiger partial charge in [0.05, 0.1) is 0 Å². The molecule has 1 N–H and O–H groups in total. The number of hydrogen-bond donors (Lipinski definition) is 1. The summed E-state index contributed by atoms with van der Waals surface area (Å²) in [6.07, 6.45) is 3.20. The smallest absolute Gasteiger partial charge is 0.240 e. The van der Waals surface area contributed by atoms with Gasteiger partial charge < -0.3 is 10.2 Å². The normalized spacial score (nSPS) is 23.5. The molecule has 0 radical (unpaired) electrons. The van der Waals surface area contributed by atoms with Crippen LogP contribution in [0.2, 0.25) is 0 Å². The van der Waals surface area contributed by atoms with Crippen LogP contribution in [0.25, 0.3) is 0 Å². The van der Waals surface area contributed by atoms with Crippen molar-refractivity contribution < 1.29 is 4.79 Å². The van der Waals surface area contributed by atoms with E-state index >= 15 is 0 Å². The third kappa shape index (κ3) is 3.61. The fraction of sp³-hybridized carbons (Fsp3) is 0.588. The van der Waals surface area contributed by atoms with E-state index in [1.54, 1.807) is 0 Å². The molecular formula is C17H25ClN2OS. The van der Waals surface area contributed by atoms with Gasteiger partial charge in [0.1, 0.15) is 5.25 Å². The van der Waals surface area contributed by atoms with Crippen LogP contribution in [0.15, 0.2) is 24.3 Å². The first-order valence-electron chi connectivity index (χ1n) is 8.02. The van der Waals surface area contributed by atoms with Crippen molar-refractivity contribution in [3.8, 4) is 0 Å². The van der Waals surface area contributed by atoms with E-state index in [4.69, 9.17) is 0 Å². The van der Waals surface area contributed by atoms with Gasteiger partial charge in [-0.05, 0) is 42.7 Å². The second-order valence-electron chi connectivity index (χ2n) is 5.88. The number of aryl methyl sites for hydroxylation is 1. The van der Waals surface area contributed by atoms with Gasteiger partial charge >= 0.3 is 0 Å². The number of nitrogens with one attached hydrogen (secondary N) is 1. The molecule has 0 spiro atoms. The SMILES string of the molecule is CCCN(C(=O)C1SCCc2ccccc21)C1CCNC1.Cl. The molecule has 1 fully saturated rings. The Morgan fingerprint density at radius 1 is 1.41 bits per heavy atom. The molecule has 1 aromatic rings. The average molecular weight is 341 g/mol. The van der Waals surface area contributed by atoms with Gasteiger partial charge in [-0.1, -0.05) is 31.2 Å². The van der Waals surface area contributed by atoms with Gasteiger partial charge in [0.2, 0.25) is 5.91 Å². The van der Waals surface area contributed by atoms with Crippen LogP contribution >= 0.6 is 24.2 Å². The Bertz CT molecular complexity index is 505. The maximum atomic E-state index is 13.1. The predicted octanol–water partition coefficient (Wildman–Crippen LogP) is 3.04. The summed E-state index contributed by atoms with van der Waals surface area (Å²) in [5.74, 6) is 1.37. The van der Waals surface area contributed by atoms with Crippen LogP contribution in [0, 0.1) is 0 Å². The Labute approximate surface area is 143 Å². The van der Waals surface area contributed by atoms with Gasteiger partial charge in [-0.2, -0.15) is 0 Å². The molecule has 5 heteroatoms. The van der Waals surface area contributed by atoms with Crippen molar-refractivity contribution >= 4 is 30.1 Å². The topological polar surface area (TPSA) is 32.3 Å². The maximum Gasteiger partial charge on any atom is 0.240 e. The van der Waals surface area contributed by atoms with Gasteiger partial charge in [0.25, 0.3) is 0 Å². The van der Waals surface area contributed by atoms with Crippen LogP contribution < -0.4 is 5.32 Å². The molecule has 1 saturated heterocycles. The summed E-state index contributed by atoms with van der Waals surface area (Å²) in [4.78, 5) is 15.3. The molecule has 1 aromatic carbocycles. The summed E-state index contributed by atoms with van der Waals surface area (Å²) >= 11 is 1.82. The zero-order valence-electron chi connectivity index (χ0n) is 13.1. The first-order chi connectivity index (χ1) is 10.3. The van der Waals surface area contributed by atoms with Crippen LogP contribution in [-0.4, -0.2) is 42.2 Å². The zero-order chi connectivity index (χ0) is 14.7. The molecule has 0 aliphatic carbocycles. The number of thioether (sulfide) groups is 1. The lowest BCUT2D eigenvalue weighted by Crippen LogP contribution is -2.44. The summed E-state index contributed by atoms with van der Waals surface area (Å²) in [7, 11) is 0. The van der Waals surface area contributed by atoms with Crippen molar-refractivity contribution in [1.29, 1.82) is 0 Å². The van der Waals surface area contributed by atoms with Crippen molar-refractivity contribution in [2.45, 2.75) is 37.5 Å². The number of halogens is 1. The highest BCUT2D eigenvalue weighted by molar-refractivity contribution is 8.00. The molecular weight excluding hydrogens is 316 g/mol. The van der Waals surface area contributed by atoms with E-state index in [2.05, 4.69) is 41.4 Å². The van der Waals surface area contributed by atoms with Crippen molar-refractivity contribution in [3.63, 3.8) is 0 Å². The molecule has 2 aliphatic rings. The Balaban J connectivity index is 0.00000176. The standard InChI is InChI=1S/C17H24N2OS.ClH/c1-2-10-19(14-7-9-18-12-14)17(20)16-15-6-4-3-5-13(15)8-11-21-16;/h3-6,14,16,18H,2,7-12H2,1H3;1H. The lowest BCUT2D eigenvalue weighted by molar-refractivity contribution is -0.132. The van der Waals surface area contributed by atoms with Crippen molar-refractivity contribution in [1.82, 2.24) is 10.2 Å². The predicted molar refractivity (Wildman–Crippen MR) is 95.9 cm³/mol. The van der Waals surface area contributed by atoms with Gasteiger partial charge in [0.15, 0.2) is 0 Å². The second kappa shape index (κ2) is 8.23. The third-order valence-electron chi connectivity index (χ3n) is 4.44. The van der Waals surface area contributed by atoms with Gasteiger partial charge in [-0.25, -0.2) is 0 Å². The van der Waals surface area contributed by atoms with E-state index < -0.39 is 0 Å². The van der Waals surface area contributed by atoms with Gasteiger partial charge in [-0.15, -0.1) is 24.2 Å². The number of carbonyl (C=O) groups excluding carboxylic acids is 1. The van der Waals surface area contributed by atoms with E-state index in [-0.39, 0.29) is 17.7 Å². The maximum absolute atomic E-state index is 13.1. The van der Waals surface area contributed by atoms with Crippen molar-refractivity contribution in [3.05, 3.63) is 35.4 Å². The van der Waals surface area contributed by atoms with E-state index in [9.17, 15) is 4.79 Å². The van der Waals surface area contributed by atoms with Gasteiger partial charge in [0, 0.05) is 19.1 Å². The number of carbonyl (C=O) groups is 1. The second-order valence-corrected chi connectivity index (χ2v) is 7.09. The Kier molecular flexibility index (Phi) is 6.60. The molecule has 0 aromatic heterocycles. The van der Waals surface area contributed by atoms with E-state index in [1.165, 1.54) is 11.1 Å². The van der Waals surface area contributed by atoms with Crippen LogP contribution in [0.3, 0.4) is 0 Å². The van der Waals surface area contributed by atoms with Crippen LogP contribution in [0.1, 0.15) is 36.1 Å². The lowest BCUT2D eigenvalue weighted by Gasteiger charge is -2.34. The highest BCUT2D eigenvalue weighted by atomic mass is 35.5. The monoisotopic (exact) mass is 340 g/mol. The number of rotatable bonds is 4. The average Bonchev–Trinajstić information content (AvgIpc) is 3.05.